The summed E-state index contributed by atoms with van der Waals surface area (Å²) >= 11 is 0. The number of pyridine rings is 1. The van der Waals surface area contributed by atoms with E-state index in [9.17, 15) is 18.4 Å². The highest BCUT2D eigenvalue weighted by atomic mass is 19.1. The van der Waals surface area contributed by atoms with Gasteiger partial charge in [0.2, 0.25) is 5.43 Å². The first-order valence-electron chi connectivity index (χ1n) is 7.10. The van der Waals surface area contributed by atoms with Crippen LogP contribution in [0.15, 0.2) is 23.1 Å². The van der Waals surface area contributed by atoms with E-state index in [2.05, 4.69) is 0 Å². The number of hydrogen-bond acceptors (Lipinski definition) is 3. The lowest BCUT2D eigenvalue weighted by molar-refractivity contribution is 0.0524. The van der Waals surface area contributed by atoms with Gasteiger partial charge in [-0.15, -0.1) is 0 Å². The molecule has 0 saturated heterocycles. The molecule has 1 saturated carbocycles. The molecule has 0 spiro atoms. The number of benzene rings is 1. The number of alkyl halides is 1. The number of halogens is 2. The molecule has 2 atom stereocenters. The Labute approximate surface area is 125 Å². The first kappa shape index (κ1) is 14.7. The van der Waals surface area contributed by atoms with Gasteiger partial charge < -0.3 is 9.30 Å². The van der Waals surface area contributed by atoms with Gasteiger partial charge in [-0.05, 0) is 26.0 Å². The van der Waals surface area contributed by atoms with Gasteiger partial charge in [0.05, 0.1) is 18.2 Å². The van der Waals surface area contributed by atoms with Crippen molar-refractivity contribution in [3.05, 3.63) is 45.5 Å². The van der Waals surface area contributed by atoms with Crippen LogP contribution in [0.25, 0.3) is 10.9 Å². The number of aromatic nitrogens is 1. The molecule has 6 heteroatoms. The molecule has 0 radical (unpaired) electrons. The highest BCUT2D eigenvalue weighted by Crippen LogP contribution is 2.41. The van der Waals surface area contributed by atoms with Gasteiger partial charge in [-0.2, -0.15) is 0 Å². The molecule has 0 N–H and O–H groups in total. The second kappa shape index (κ2) is 5.19. The number of rotatable bonds is 3. The van der Waals surface area contributed by atoms with Crippen molar-refractivity contribution in [2.75, 3.05) is 6.61 Å². The lowest BCUT2D eigenvalue weighted by Crippen LogP contribution is -2.21. The molecule has 2 aromatic rings. The van der Waals surface area contributed by atoms with Crippen molar-refractivity contribution in [1.82, 2.24) is 4.57 Å². The van der Waals surface area contributed by atoms with E-state index in [0.717, 1.165) is 0 Å². The van der Waals surface area contributed by atoms with Crippen LogP contribution in [0.1, 0.15) is 35.3 Å². The van der Waals surface area contributed by atoms with Crippen LogP contribution in [0.3, 0.4) is 0 Å². The van der Waals surface area contributed by atoms with Crippen LogP contribution in [0.5, 0.6) is 0 Å². The molecule has 22 heavy (non-hydrogen) atoms. The Morgan fingerprint density at radius 3 is 2.73 bits per heavy atom. The van der Waals surface area contributed by atoms with Gasteiger partial charge in [0.25, 0.3) is 0 Å². The van der Waals surface area contributed by atoms with E-state index >= 15 is 0 Å². The van der Waals surface area contributed by atoms with Crippen molar-refractivity contribution in [3.8, 4) is 0 Å². The molecule has 1 heterocycles. The Balaban J connectivity index is 2.33. The predicted octanol–water partition coefficient (Wildman–Crippen LogP) is 2.91. The van der Waals surface area contributed by atoms with Crippen molar-refractivity contribution in [1.29, 1.82) is 0 Å². The number of esters is 1. The fourth-order valence-corrected chi connectivity index (χ4v) is 2.65. The highest BCUT2D eigenvalue weighted by molar-refractivity contribution is 5.94. The maximum Gasteiger partial charge on any atom is 0.343 e. The summed E-state index contributed by atoms with van der Waals surface area (Å²) in [6, 6.07) is 2.03. The van der Waals surface area contributed by atoms with Crippen LogP contribution >= 0.6 is 0 Å². The second-order valence-electron chi connectivity index (χ2n) is 5.39. The smallest absolute Gasteiger partial charge is 0.343 e. The molecule has 0 aliphatic heterocycles. The zero-order valence-corrected chi connectivity index (χ0v) is 12.2. The van der Waals surface area contributed by atoms with Crippen molar-refractivity contribution in [3.63, 3.8) is 0 Å². The number of ether oxygens (including phenoxy) is 1. The molecule has 1 aromatic heterocycles. The minimum atomic E-state index is -1.05. The number of fused-ring (bicyclic) bond motifs is 1. The van der Waals surface area contributed by atoms with Crippen molar-refractivity contribution in [2.24, 2.45) is 0 Å². The molecule has 0 amide bonds. The summed E-state index contributed by atoms with van der Waals surface area (Å²) in [5.41, 5.74) is -0.0735. The number of aryl methyl sites for hydroxylation is 1. The summed E-state index contributed by atoms with van der Waals surface area (Å²) < 4.78 is 33.7. The SMILES string of the molecule is CCOC(=O)c1cn([C@@H]2C[C@@H]2F)c2c(C)c(F)ccc2c1=O. The average molecular weight is 307 g/mol. The molecule has 3 rings (SSSR count). The molecular formula is C16H15F2NO3. The van der Waals surface area contributed by atoms with E-state index in [4.69, 9.17) is 4.74 Å². The van der Waals surface area contributed by atoms with Gasteiger partial charge in [-0.1, -0.05) is 0 Å². The third kappa shape index (κ3) is 2.19. The first-order valence-corrected chi connectivity index (χ1v) is 7.10. The summed E-state index contributed by atoms with van der Waals surface area (Å²) in [6.45, 7) is 3.30. The maximum atomic E-state index is 13.8. The Kier molecular flexibility index (Phi) is 3.47. The third-order valence-corrected chi connectivity index (χ3v) is 3.91. The average Bonchev–Trinajstić information content (AvgIpc) is 3.20. The normalized spacial score (nSPS) is 20.2. The van der Waals surface area contributed by atoms with E-state index in [1.165, 1.54) is 29.8 Å². The lowest BCUT2D eigenvalue weighted by atomic mass is 10.1. The van der Waals surface area contributed by atoms with Gasteiger partial charge in [-0.25, -0.2) is 13.6 Å². The van der Waals surface area contributed by atoms with Crippen LogP contribution < -0.4 is 5.43 Å². The number of carbonyl (C=O) groups excluding carboxylic acids is 1. The van der Waals surface area contributed by atoms with Crippen molar-refractivity contribution in [2.45, 2.75) is 32.5 Å². The topological polar surface area (TPSA) is 48.3 Å². The minimum absolute atomic E-state index is 0.133. The largest absolute Gasteiger partial charge is 0.462 e. The minimum Gasteiger partial charge on any atom is -0.462 e. The van der Waals surface area contributed by atoms with Gasteiger partial charge in [0, 0.05) is 23.6 Å². The van der Waals surface area contributed by atoms with Gasteiger partial charge >= 0.3 is 5.97 Å². The molecule has 116 valence electrons. The Morgan fingerprint density at radius 2 is 2.14 bits per heavy atom. The van der Waals surface area contributed by atoms with Crippen LogP contribution in [0, 0.1) is 12.7 Å². The van der Waals surface area contributed by atoms with E-state index < -0.39 is 29.4 Å². The molecule has 0 bridgehead atoms. The molecule has 1 aliphatic carbocycles. The summed E-state index contributed by atoms with van der Waals surface area (Å²) in [4.78, 5) is 24.4. The molecule has 4 nitrogen and oxygen atoms in total. The molecule has 1 aliphatic rings. The summed E-state index contributed by atoms with van der Waals surface area (Å²) in [6.07, 6.45) is 0.527. The molecular weight excluding hydrogens is 292 g/mol. The zero-order valence-electron chi connectivity index (χ0n) is 12.2. The highest BCUT2D eigenvalue weighted by Gasteiger charge is 2.40. The van der Waals surface area contributed by atoms with Gasteiger partial charge in [-0.3, -0.25) is 4.79 Å². The predicted molar refractivity (Wildman–Crippen MR) is 77.4 cm³/mol. The van der Waals surface area contributed by atoms with E-state index in [0.29, 0.717) is 5.52 Å². The van der Waals surface area contributed by atoms with Crippen LogP contribution in [0.2, 0.25) is 0 Å². The Hall–Kier alpha value is -2.24. The number of carbonyl (C=O) groups is 1. The number of nitrogens with zero attached hydrogens (tertiary/aromatic N) is 1. The van der Waals surface area contributed by atoms with E-state index in [1.54, 1.807) is 6.92 Å². The van der Waals surface area contributed by atoms with E-state index in [-0.39, 0.29) is 29.5 Å². The van der Waals surface area contributed by atoms with Crippen LogP contribution in [-0.4, -0.2) is 23.3 Å². The van der Waals surface area contributed by atoms with Gasteiger partial charge in [0.1, 0.15) is 17.6 Å². The third-order valence-electron chi connectivity index (χ3n) is 3.91. The summed E-state index contributed by atoms with van der Waals surface area (Å²) in [5, 5.41) is 0.198. The molecule has 1 fully saturated rings. The zero-order chi connectivity index (χ0) is 16.0. The Morgan fingerprint density at radius 1 is 1.45 bits per heavy atom. The summed E-state index contributed by atoms with van der Waals surface area (Å²) in [5.74, 6) is -1.22. The molecule has 0 unspecified atom stereocenters. The van der Waals surface area contributed by atoms with Crippen LogP contribution in [-0.2, 0) is 4.74 Å². The maximum absolute atomic E-state index is 13.8. The standard InChI is InChI=1S/C16H15F2NO3/c1-3-22-16(21)10-7-19(13-6-12(13)18)14-8(2)11(17)5-4-9(14)15(10)20/h4-5,7,12-13H,3,6H2,1-2H3/t12-,13+/m0/s1. The second-order valence-corrected chi connectivity index (χ2v) is 5.39. The Bertz CT molecular complexity index is 828. The quantitative estimate of drug-likeness (QED) is 0.819. The monoisotopic (exact) mass is 307 g/mol. The van der Waals surface area contributed by atoms with Crippen molar-refractivity contribution < 1.29 is 18.3 Å². The first-order chi connectivity index (χ1) is 10.5. The van der Waals surface area contributed by atoms with E-state index in [1.807, 2.05) is 0 Å². The molecule has 1 aromatic carbocycles. The van der Waals surface area contributed by atoms with Crippen molar-refractivity contribution >= 4 is 16.9 Å². The van der Waals surface area contributed by atoms with Gasteiger partial charge in [0.15, 0.2) is 0 Å². The fourth-order valence-electron chi connectivity index (χ4n) is 2.65. The fraction of sp³-hybridized carbons (Fsp3) is 0.375. The number of hydrogen-bond donors (Lipinski definition) is 0. The van der Waals surface area contributed by atoms with Crippen LogP contribution in [0.4, 0.5) is 8.78 Å². The summed E-state index contributed by atoms with van der Waals surface area (Å²) in [7, 11) is 0. The lowest BCUT2D eigenvalue weighted by Gasteiger charge is -2.14.